The maximum atomic E-state index is 12.8. The van der Waals surface area contributed by atoms with E-state index in [0.29, 0.717) is 0 Å². The summed E-state index contributed by atoms with van der Waals surface area (Å²) in [4.78, 5) is 12.0. The largest absolute Gasteiger partial charge is 0.483 e. The number of carbonyl (C=O) groups is 1. The van der Waals surface area contributed by atoms with Crippen molar-refractivity contribution in [1.29, 1.82) is 0 Å². The Morgan fingerprint density at radius 1 is 1.20 bits per heavy atom. The molecule has 10 heteroatoms. The van der Waals surface area contributed by atoms with Crippen molar-refractivity contribution in [2.45, 2.75) is 6.18 Å². The highest BCUT2D eigenvalue weighted by Gasteiger charge is 2.32. The van der Waals surface area contributed by atoms with Crippen LogP contribution < -0.4 is 14.2 Å². The van der Waals surface area contributed by atoms with Gasteiger partial charge in [0.05, 0.1) is 12.7 Å². The molecule has 2 aromatic rings. The topological polar surface area (TPSA) is 79.8 Å². The van der Waals surface area contributed by atoms with Gasteiger partial charge in [0.25, 0.3) is 11.8 Å². The molecule has 1 aromatic carbocycles. The molecule has 1 aliphatic heterocycles. The van der Waals surface area contributed by atoms with E-state index in [1.54, 1.807) is 0 Å². The van der Waals surface area contributed by atoms with Gasteiger partial charge in [-0.25, -0.2) is 4.79 Å². The lowest BCUT2D eigenvalue weighted by molar-refractivity contribution is -0.137. The van der Waals surface area contributed by atoms with Gasteiger partial charge in [0.2, 0.25) is 5.75 Å². The van der Waals surface area contributed by atoms with Crippen molar-refractivity contribution in [3.8, 4) is 23.3 Å². The second kappa shape index (κ2) is 6.46. The average molecular weight is 356 g/mol. The van der Waals surface area contributed by atoms with Gasteiger partial charge in [-0.3, -0.25) is 0 Å². The van der Waals surface area contributed by atoms with Crippen LogP contribution in [-0.4, -0.2) is 36.5 Å². The van der Waals surface area contributed by atoms with Crippen molar-refractivity contribution >= 4 is 5.97 Å². The van der Waals surface area contributed by atoms with Crippen molar-refractivity contribution in [2.24, 2.45) is 0 Å². The Hall–Kier alpha value is -3.04. The second-order valence-corrected chi connectivity index (χ2v) is 4.83. The van der Waals surface area contributed by atoms with Crippen LogP contribution in [0.5, 0.6) is 23.3 Å². The third-order valence-corrected chi connectivity index (χ3v) is 3.20. The van der Waals surface area contributed by atoms with Crippen LogP contribution in [-0.2, 0) is 10.9 Å². The highest BCUT2D eigenvalue weighted by molar-refractivity contribution is 5.95. The van der Waals surface area contributed by atoms with Gasteiger partial charge in [0.1, 0.15) is 19.0 Å². The summed E-state index contributed by atoms with van der Waals surface area (Å²) < 4.78 is 58.9. The van der Waals surface area contributed by atoms with E-state index < -0.39 is 17.7 Å². The van der Waals surface area contributed by atoms with E-state index in [2.05, 4.69) is 14.9 Å². The Kier molecular flexibility index (Phi) is 4.34. The van der Waals surface area contributed by atoms with Gasteiger partial charge in [-0.05, 0) is 18.2 Å². The van der Waals surface area contributed by atoms with Crippen LogP contribution in [0.1, 0.15) is 15.9 Å². The van der Waals surface area contributed by atoms with Crippen molar-refractivity contribution in [3.63, 3.8) is 0 Å². The zero-order valence-electron chi connectivity index (χ0n) is 12.8. The van der Waals surface area contributed by atoms with Crippen LogP contribution in [0.3, 0.4) is 0 Å². The number of aromatic nitrogens is 2. The average Bonchev–Trinajstić information content (AvgIpc) is 2.60. The summed E-state index contributed by atoms with van der Waals surface area (Å²) in [7, 11) is 1.13. The highest BCUT2D eigenvalue weighted by atomic mass is 19.4. The third kappa shape index (κ3) is 3.42. The predicted octanol–water partition coefficient (Wildman–Crippen LogP) is 2.85. The van der Waals surface area contributed by atoms with Crippen LogP contribution in [0.15, 0.2) is 24.3 Å². The van der Waals surface area contributed by atoms with Gasteiger partial charge in [-0.2, -0.15) is 13.2 Å². The molecule has 7 nitrogen and oxygen atoms in total. The minimum Gasteiger partial charge on any atom is -0.483 e. The summed E-state index contributed by atoms with van der Waals surface area (Å²) in [5.41, 5.74) is -1.13. The van der Waals surface area contributed by atoms with Crippen molar-refractivity contribution < 1.29 is 36.9 Å². The van der Waals surface area contributed by atoms with Crippen LogP contribution in [0, 0.1) is 0 Å². The number of nitrogens with zero attached hydrogens (tertiary/aromatic N) is 2. The summed E-state index contributed by atoms with van der Waals surface area (Å²) >= 11 is 0. The summed E-state index contributed by atoms with van der Waals surface area (Å²) in [5, 5.41) is 7.40. The molecule has 3 rings (SSSR count). The monoisotopic (exact) mass is 356 g/mol. The number of fused-ring (bicyclic) bond motifs is 1. The fraction of sp³-hybridized carbons (Fsp3) is 0.267. The molecule has 0 N–H and O–H groups in total. The molecular weight excluding hydrogens is 345 g/mol. The molecule has 2 heterocycles. The van der Waals surface area contributed by atoms with Crippen LogP contribution in [0.2, 0.25) is 0 Å². The van der Waals surface area contributed by atoms with E-state index in [1.807, 2.05) is 0 Å². The highest BCUT2D eigenvalue weighted by Crippen LogP contribution is 2.38. The van der Waals surface area contributed by atoms with Gasteiger partial charge in [0, 0.05) is 0 Å². The lowest BCUT2D eigenvalue weighted by atomic mass is 10.2. The third-order valence-electron chi connectivity index (χ3n) is 3.20. The lowest BCUT2D eigenvalue weighted by Gasteiger charge is -2.20. The smallest absolute Gasteiger partial charge is 0.416 e. The number of hydrogen-bond donors (Lipinski definition) is 0. The van der Waals surface area contributed by atoms with Gasteiger partial charge in [0.15, 0.2) is 5.56 Å². The zero-order chi connectivity index (χ0) is 18.0. The molecule has 0 saturated carbocycles. The summed E-state index contributed by atoms with van der Waals surface area (Å²) in [6, 6.07) is 4.12. The standard InChI is InChI=1S/C15H11F3N2O5/c1-22-14(21)10-11-13(24-6-5-23-11)20-19-12(10)25-9-4-2-3-8(7-9)15(16,17)18/h2-4,7H,5-6H2,1H3. The number of rotatable bonds is 3. The summed E-state index contributed by atoms with van der Waals surface area (Å²) in [5.74, 6) is -1.43. The van der Waals surface area contributed by atoms with Gasteiger partial charge in [-0.15, -0.1) is 10.2 Å². The minimum absolute atomic E-state index is 0.0250. The molecule has 0 atom stereocenters. The Labute approximate surface area is 139 Å². The predicted molar refractivity (Wildman–Crippen MR) is 75.9 cm³/mol. The van der Waals surface area contributed by atoms with Gasteiger partial charge in [-0.1, -0.05) is 6.07 Å². The molecule has 0 fully saturated rings. The van der Waals surface area contributed by atoms with Gasteiger partial charge < -0.3 is 18.9 Å². The minimum atomic E-state index is -4.54. The molecule has 0 saturated heterocycles. The SMILES string of the molecule is COC(=O)c1c(Oc2cccc(C(F)(F)F)c2)nnc2c1OCCO2. The fourth-order valence-electron chi connectivity index (χ4n) is 2.10. The second-order valence-electron chi connectivity index (χ2n) is 4.83. The number of alkyl halides is 3. The fourth-order valence-corrected chi connectivity index (χ4v) is 2.10. The van der Waals surface area contributed by atoms with Crippen LogP contribution in [0.25, 0.3) is 0 Å². The summed E-state index contributed by atoms with van der Waals surface area (Å²) in [6.45, 7) is 0.377. The summed E-state index contributed by atoms with van der Waals surface area (Å²) in [6.07, 6.45) is -4.54. The molecule has 0 unspecified atom stereocenters. The number of carbonyl (C=O) groups excluding carboxylic acids is 1. The molecule has 0 amide bonds. The van der Waals surface area contributed by atoms with Crippen molar-refractivity contribution in [3.05, 3.63) is 35.4 Å². The van der Waals surface area contributed by atoms with Crippen LogP contribution in [0.4, 0.5) is 13.2 Å². The molecule has 0 bridgehead atoms. The lowest BCUT2D eigenvalue weighted by Crippen LogP contribution is -2.20. The Balaban J connectivity index is 2.02. The van der Waals surface area contributed by atoms with Crippen LogP contribution >= 0.6 is 0 Å². The van der Waals surface area contributed by atoms with Crippen molar-refractivity contribution in [2.75, 3.05) is 20.3 Å². The quantitative estimate of drug-likeness (QED) is 0.783. The first-order valence-corrected chi connectivity index (χ1v) is 7.00. The maximum Gasteiger partial charge on any atom is 0.416 e. The molecule has 25 heavy (non-hydrogen) atoms. The molecule has 1 aliphatic rings. The van der Waals surface area contributed by atoms with E-state index in [1.165, 1.54) is 12.1 Å². The zero-order valence-corrected chi connectivity index (χ0v) is 12.8. The Morgan fingerprint density at radius 2 is 1.96 bits per heavy atom. The molecule has 0 aliphatic carbocycles. The number of benzene rings is 1. The Morgan fingerprint density at radius 3 is 2.68 bits per heavy atom. The van der Waals surface area contributed by atoms with E-state index in [0.717, 1.165) is 19.2 Å². The maximum absolute atomic E-state index is 12.8. The first-order chi connectivity index (χ1) is 11.9. The first kappa shape index (κ1) is 16.8. The molecule has 132 valence electrons. The van der Waals surface area contributed by atoms with Gasteiger partial charge >= 0.3 is 12.1 Å². The van der Waals surface area contributed by atoms with Crippen molar-refractivity contribution in [1.82, 2.24) is 10.2 Å². The molecule has 1 aromatic heterocycles. The molecular formula is C15H11F3N2O5. The number of ether oxygens (including phenoxy) is 4. The number of methoxy groups -OCH3 is 1. The number of esters is 1. The van der Waals surface area contributed by atoms with E-state index in [4.69, 9.17) is 14.2 Å². The van der Waals surface area contributed by atoms with E-state index >= 15 is 0 Å². The normalized spacial score (nSPS) is 13.3. The molecule has 0 spiro atoms. The molecule has 0 radical (unpaired) electrons. The first-order valence-electron chi connectivity index (χ1n) is 7.00. The number of halogens is 3. The number of hydrogen-bond acceptors (Lipinski definition) is 7. The van der Waals surface area contributed by atoms with E-state index in [-0.39, 0.29) is 42.0 Å². The van der Waals surface area contributed by atoms with E-state index in [9.17, 15) is 18.0 Å². The Bertz CT molecular complexity index is 810.